The Balaban J connectivity index is 2.48. The molecule has 0 spiro atoms. The third kappa shape index (κ3) is 5.62. The summed E-state index contributed by atoms with van der Waals surface area (Å²) in [6.45, 7) is 3.09. The molecule has 1 aromatic carbocycles. The number of rotatable bonds is 8. The Kier molecular flexibility index (Phi) is 6.32. The van der Waals surface area contributed by atoms with Crippen LogP contribution in [0.1, 0.15) is 37.3 Å². The van der Waals surface area contributed by atoms with Gasteiger partial charge in [-0.1, -0.05) is 44.0 Å². The van der Waals surface area contributed by atoms with Gasteiger partial charge in [0.25, 0.3) is 0 Å². The maximum absolute atomic E-state index is 11.8. The highest BCUT2D eigenvalue weighted by molar-refractivity contribution is 7.88. The molecule has 1 aromatic rings. The summed E-state index contributed by atoms with van der Waals surface area (Å²) >= 11 is 0. The molecule has 0 amide bonds. The van der Waals surface area contributed by atoms with Gasteiger partial charge < -0.3 is 5.73 Å². The molecule has 0 aliphatic rings. The third-order valence-corrected chi connectivity index (χ3v) is 4.07. The summed E-state index contributed by atoms with van der Waals surface area (Å²) in [4.78, 5) is 0. The SMILES string of the molecule is CCCCCNS(=O)(=O)Cc1ccc(CN)cc1. The van der Waals surface area contributed by atoms with Crippen LogP contribution < -0.4 is 10.5 Å². The summed E-state index contributed by atoms with van der Waals surface area (Å²) < 4.78 is 26.2. The van der Waals surface area contributed by atoms with E-state index in [1.165, 1.54) is 0 Å². The smallest absolute Gasteiger partial charge is 0.215 e. The molecule has 3 N–H and O–H groups in total. The van der Waals surface area contributed by atoms with Gasteiger partial charge in [0.2, 0.25) is 10.0 Å². The van der Waals surface area contributed by atoms with E-state index in [1.54, 1.807) is 0 Å². The van der Waals surface area contributed by atoms with Gasteiger partial charge in [0.15, 0.2) is 0 Å². The Morgan fingerprint density at radius 3 is 2.28 bits per heavy atom. The van der Waals surface area contributed by atoms with E-state index < -0.39 is 10.0 Å². The van der Waals surface area contributed by atoms with Crippen LogP contribution in [0.3, 0.4) is 0 Å². The first-order chi connectivity index (χ1) is 8.57. The van der Waals surface area contributed by atoms with Crippen LogP contribution >= 0.6 is 0 Å². The Bertz CT molecular complexity index is 441. The van der Waals surface area contributed by atoms with Gasteiger partial charge in [-0.2, -0.15) is 0 Å². The van der Waals surface area contributed by atoms with Crippen molar-refractivity contribution in [2.75, 3.05) is 6.54 Å². The van der Waals surface area contributed by atoms with Crippen molar-refractivity contribution in [3.8, 4) is 0 Å². The molecule has 0 atom stereocenters. The molecular formula is C13H22N2O2S. The summed E-state index contributed by atoms with van der Waals surface area (Å²) in [6, 6.07) is 7.35. The molecule has 18 heavy (non-hydrogen) atoms. The summed E-state index contributed by atoms with van der Waals surface area (Å²) in [6.07, 6.45) is 3.03. The monoisotopic (exact) mass is 270 g/mol. The topological polar surface area (TPSA) is 72.2 Å². The number of hydrogen-bond donors (Lipinski definition) is 2. The first kappa shape index (κ1) is 15.1. The Hall–Kier alpha value is -0.910. The number of sulfonamides is 1. The zero-order chi connectivity index (χ0) is 13.4. The van der Waals surface area contributed by atoms with Crippen LogP contribution in [0.2, 0.25) is 0 Å². The lowest BCUT2D eigenvalue weighted by atomic mass is 10.1. The molecule has 0 radical (unpaired) electrons. The number of benzene rings is 1. The van der Waals surface area contributed by atoms with Crippen molar-refractivity contribution in [2.24, 2.45) is 5.73 Å². The van der Waals surface area contributed by atoms with E-state index in [0.717, 1.165) is 30.4 Å². The van der Waals surface area contributed by atoms with Crippen molar-refractivity contribution in [1.82, 2.24) is 4.72 Å². The summed E-state index contributed by atoms with van der Waals surface area (Å²) in [5.41, 5.74) is 7.28. The van der Waals surface area contributed by atoms with E-state index >= 15 is 0 Å². The summed E-state index contributed by atoms with van der Waals surface area (Å²) in [7, 11) is -3.22. The molecule has 5 heteroatoms. The fourth-order valence-corrected chi connectivity index (χ4v) is 2.83. The third-order valence-electron chi connectivity index (χ3n) is 2.72. The van der Waals surface area contributed by atoms with Crippen LogP contribution in [0.15, 0.2) is 24.3 Å². The molecule has 102 valence electrons. The molecule has 0 aliphatic heterocycles. The van der Waals surface area contributed by atoms with Crippen molar-refractivity contribution in [1.29, 1.82) is 0 Å². The van der Waals surface area contributed by atoms with Crippen molar-refractivity contribution in [3.63, 3.8) is 0 Å². The second-order valence-corrected chi connectivity index (χ2v) is 6.19. The number of nitrogens with two attached hydrogens (primary N) is 1. The van der Waals surface area contributed by atoms with Gasteiger partial charge in [0, 0.05) is 13.1 Å². The minimum absolute atomic E-state index is 0.0317. The molecule has 4 nitrogen and oxygen atoms in total. The molecule has 1 rings (SSSR count). The average Bonchev–Trinajstić information content (AvgIpc) is 2.35. The van der Waals surface area contributed by atoms with Crippen LogP contribution in [0.25, 0.3) is 0 Å². The molecule has 0 unspecified atom stereocenters. The molecule has 0 heterocycles. The predicted molar refractivity (Wildman–Crippen MR) is 74.5 cm³/mol. The minimum Gasteiger partial charge on any atom is -0.326 e. The van der Waals surface area contributed by atoms with Gasteiger partial charge in [0.1, 0.15) is 0 Å². The first-order valence-corrected chi connectivity index (χ1v) is 7.98. The Morgan fingerprint density at radius 2 is 1.72 bits per heavy atom. The van der Waals surface area contributed by atoms with E-state index in [0.29, 0.717) is 13.1 Å². The molecule has 0 saturated carbocycles. The maximum Gasteiger partial charge on any atom is 0.215 e. The lowest BCUT2D eigenvalue weighted by Gasteiger charge is -2.07. The molecule has 0 fully saturated rings. The number of nitrogens with one attached hydrogen (secondary N) is 1. The van der Waals surface area contributed by atoms with Gasteiger partial charge in [0.05, 0.1) is 5.75 Å². The van der Waals surface area contributed by atoms with Gasteiger partial charge >= 0.3 is 0 Å². The minimum atomic E-state index is -3.22. The van der Waals surface area contributed by atoms with Crippen molar-refractivity contribution < 1.29 is 8.42 Å². The largest absolute Gasteiger partial charge is 0.326 e. The van der Waals surface area contributed by atoms with Crippen molar-refractivity contribution in [2.45, 2.75) is 38.5 Å². The van der Waals surface area contributed by atoms with Gasteiger partial charge in [-0.25, -0.2) is 13.1 Å². The first-order valence-electron chi connectivity index (χ1n) is 6.32. The quantitative estimate of drug-likeness (QED) is 0.707. The van der Waals surface area contributed by atoms with Gasteiger partial charge in [-0.05, 0) is 17.5 Å². The summed E-state index contributed by atoms with van der Waals surface area (Å²) in [5.74, 6) is 0.0317. The highest BCUT2D eigenvalue weighted by Gasteiger charge is 2.10. The number of hydrogen-bond acceptors (Lipinski definition) is 3. The Labute approximate surface area is 110 Å². The van der Waals surface area contributed by atoms with Crippen LogP contribution in [0, 0.1) is 0 Å². The van der Waals surface area contributed by atoms with E-state index in [2.05, 4.69) is 11.6 Å². The lowest BCUT2D eigenvalue weighted by molar-refractivity contribution is 0.575. The molecule has 0 bridgehead atoms. The summed E-state index contributed by atoms with van der Waals surface area (Å²) in [5, 5.41) is 0. The van der Waals surface area contributed by atoms with Crippen LogP contribution in [0.5, 0.6) is 0 Å². The molecule has 0 aliphatic carbocycles. The zero-order valence-electron chi connectivity index (χ0n) is 10.9. The van der Waals surface area contributed by atoms with E-state index in [9.17, 15) is 8.42 Å². The molecule has 0 saturated heterocycles. The van der Waals surface area contributed by atoms with Crippen LogP contribution in [-0.4, -0.2) is 15.0 Å². The molecular weight excluding hydrogens is 248 g/mol. The highest BCUT2D eigenvalue weighted by Crippen LogP contribution is 2.07. The van der Waals surface area contributed by atoms with Crippen molar-refractivity contribution in [3.05, 3.63) is 35.4 Å². The van der Waals surface area contributed by atoms with Gasteiger partial charge in [-0.15, -0.1) is 0 Å². The maximum atomic E-state index is 11.8. The van der Waals surface area contributed by atoms with Crippen molar-refractivity contribution >= 4 is 10.0 Å². The average molecular weight is 270 g/mol. The fraction of sp³-hybridized carbons (Fsp3) is 0.538. The normalized spacial score (nSPS) is 11.7. The highest BCUT2D eigenvalue weighted by atomic mass is 32.2. The standard InChI is InChI=1S/C13H22N2O2S/c1-2-3-4-9-15-18(16,17)11-13-7-5-12(10-14)6-8-13/h5-8,15H,2-4,9-11,14H2,1H3. The van der Waals surface area contributed by atoms with Gasteiger partial charge in [-0.3, -0.25) is 0 Å². The van der Waals surface area contributed by atoms with E-state index in [1.807, 2.05) is 24.3 Å². The number of unbranched alkanes of at least 4 members (excludes halogenated alkanes) is 2. The second-order valence-electron chi connectivity index (χ2n) is 4.38. The zero-order valence-corrected chi connectivity index (χ0v) is 11.7. The Morgan fingerprint density at radius 1 is 1.11 bits per heavy atom. The van der Waals surface area contributed by atoms with Crippen LogP contribution in [-0.2, 0) is 22.3 Å². The van der Waals surface area contributed by atoms with Crippen LogP contribution in [0.4, 0.5) is 0 Å². The molecule has 0 aromatic heterocycles. The second kappa shape index (κ2) is 7.51. The predicted octanol–water partition coefficient (Wildman–Crippen LogP) is 1.75. The lowest BCUT2D eigenvalue weighted by Crippen LogP contribution is -2.26. The van der Waals surface area contributed by atoms with E-state index in [-0.39, 0.29) is 5.75 Å². The fourth-order valence-electron chi connectivity index (χ4n) is 1.64. The van der Waals surface area contributed by atoms with E-state index in [4.69, 9.17) is 5.73 Å².